The van der Waals surface area contributed by atoms with Crippen molar-refractivity contribution in [2.75, 3.05) is 5.32 Å². The summed E-state index contributed by atoms with van der Waals surface area (Å²) in [4.78, 5) is 27.0. The van der Waals surface area contributed by atoms with Crippen molar-refractivity contribution in [2.45, 2.75) is 58.3 Å². The van der Waals surface area contributed by atoms with Crippen molar-refractivity contribution in [1.82, 2.24) is 10.3 Å². The van der Waals surface area contributed by atoms with Crippen LogP contribution >= 0.6 is 11.6 Å². The van der Waals surface area contributed by atoms with Crippen LogP contribution in [0.2, 0.25) is 5.02 Å². The highest BCUT2D eigenvalue weighted by Crippen LogP contribution is 2.48. The van der Waals surface area contributed by atoms with Gasteiger partial charge < -0.3 is 10.6 Å². The van der Waals surface area contributed by atoms with E-state index < -0.39 is 0 Å². The van der Waals surface area contributed by atoms with Crippen molar-refractivity contribution in [3.05, 3.63) is 70.6 Å². The molecule has 0 radical (unpaired) electrons. The Labute approximate surface area is 189 Å². The molecule has 1 heterocycles. The third-order valence-corrected chi connectivity index (χ3v) is 6.04. The van der Waals surface area contributed by atoms with E-state index in [9.17, 15) is 9.59 Å². The number of rotatable bonds is 4. The van der Waals surface area contributed by atoms with Crippen LogP contribution in [0.3, 0.4) is 0 Å². The second-order valence-electron chi connectivity index (χ2n) is 8.58. The molecule has 1 aromatic carbocycles. The lowest BCUT2D eigenvalue weighted by Gasteiger charge is -2.14. The molecule has 0 bridgehead atoms. The van der Waals surface area contributed by atoms with Gasteiger partial charge in [-0.05, 0) is 74.8 Å². The Hall–Kier alpha value is -2.66. The molecule has 164 valence electrons. The van der Waals surface area contributed by atoms with Crippen LogP contribution in [0, 0.1) is 12.8 Å². The molecule has 0 saturated heterocycles. The number of hydrogen-bond acceptors (Lipinski definition) is 3. The summed E-state index contributed by atoms with van der Waals surface area (Å²) in [5.41, 5.74) is 3.82. The molecular weight excluding hydrogens is 410 g/mol. The Balaban J connectivity index is 0.000000210. The van der Waals surface area contributed by atoms with E-state index in [2.05, 4.69) is 22.5 Å². The maximum atomic E-state index is 12.5. The van der Waals surface area contributed by atoms with Crippen LogP contribution in [0.1, 0.15) is 57.2 Å². The Morgan fingerprint density at radius 3 is 2.39 bits per heavy atom. The summed E-state index contributed by atoms with van der Waals surface area (Å²) in [7, 11) is 0. The number of anilines is 1. The lowest BCUT2D eigenvalue weighted by atomic mass is 9.95. The molecule has 4 rings (SSSR count). The summed E-state index contributed by atoms with van der Waals surface area (Å²) in [5.74, 6) is 0.812. The van der Waals surface area contributed by atoms with Crippen LogP contribution in [0.5, 0.6) is 0 Å². The normalized spacial score (nSPS) is 19.9. The largest absolute Gasteiger partial charge is 0.332 e. The van der Waals surface area contributed by atoms with E-state index in [4.69, 9.17) is 11.6 Å². The van der Waals surface area contributed by atoms with Crippen molar-refractivity contribution >= 4 is 29.1 Å². The van der Waals surface area contributed by atoms with Gasteiger partial charge in [0.15, 0.2) is 0 Å². The monoisotopic (exact) mass is 439 g/mol. The van der Waals surface area contributed by atoms with Crippen LogP contribution in [-0.4, -0.2) is 16.8 Å². The highest BCUT2D eigenvalue weighted by molar-refractivity contribution is 6.30. The van der Waals surface area contributed by atoms with Gasteiger partial charge in [0, 0.05) is 23.8 Å². The van der Waals surface area contributed by atoms with Crippen molar-refractivity contribution < 1.29 is 9.59 Å². The molecule has 2 aliphatic carbocycles. The Kier molecular flexibility index (Phi) is 7.50. The number of amides is 2. The summed E-state index contributed by atoms with van der Waals surface area (Å²) >= 11 is 5.91. The molecule has 1 aromatic heterocycles. The van der Waals surface area contributed by atoms with Gasteiger partial charge in [-0.2, -0.15) is 0 Å². The van der Waals surface area contributed by atoms with Crippen molar-refractivity contribution in [3.63, 3.8) is 0 Å². The van der Waals surface area contributed by atoms with Gasteiger partial charge in [0.2, 0.25) is 11.8 Å². The first-order chi connectivity index (χ1) is 14.8. The third kappa shape index (κ3) is 6.41. The molecule has 2 N–H and O–H groups in total. The number of carbonyl (C=O) groups is 2. The van der Waals surface area contributed by atoms with Gasteiger partial charge in [0.05, 0.1) is 17.3 Å². The molecule has 2 amide bonds. The molecular formula is C25H30ClN3O2. The first-order valence-electron chi connectivity index (χ1n) is 10.7. The second kappa shape index (κ2) is 10.1. The SMILES string of the molecule is CC(=O)Nc1ccc(C)nc1.CC1CC/C(=C\NC(=O)C2(c3ccc(Cl)cc3)CC2)C1. The third-order valence-electron chi connectivity index (χ3n) is 5.79. The Morgan fingerprint density at radius 2 is 1.87 bits per heavy atom. The number of carbonyl (C=O) groups excluding carboxylic acids is 2. The number of pyridine rings is 1. The number of nitrogens with zero attached hydrogens (tertiary/aromatic N) is 1. The van der Waals surface area contributed by atoms with Crippen LogP contribution in [0.4, 0.5) is 5.69 Å². The van der Waals surface area contributed by atoms with E-state index in [1.807, 2.05) is 49.5 Å². The van der Waals surface area contributed by atoms with Gasteiger partial charge in [-0.1, -0.05) is 36.2 Å². The van der Waals surface area contributed by atoms with Crippen molar-refractivity contribution in [2.24, 2.45) is 5.92 Å². The maximum absolute atomic E-state index is 12.5. The predicted octanol–water partition coefficient (Wildman–Crippen LogP) is 5.54. The van der Waals surface area contributed by atoms with E-state index in [0.29, 0.717) is 5.02 Å². The Morgan fingerprint density at radius 1 is 1.16 bits per heavy atom. The molecule has 31 heavy (non-hydrogen) atoms. The van der Waals surface area contributed by atoms with Crippen LogP contribution in [0.15, 0.2) is 54.4 Å². The first kappa shape index (κ1) is 23.0. The van der Waals surface area contributed by atoms with E-state index in [1.165, 1.54) is 18.9 Å². The zero-order valence-corrected chi connectivity index (χ0v) is 19.1. The van der Waals surface area contributed by atoms with E-state index >= 15 is 0 Å². The molecule has 6 heteroatoms. The van der Waals surface area contributed by atoms with Gasteiger partial charge in [-0.25, -0.2) is 0 Å². The smallest absolute Gasteiger partial charge is 0.234 e. The van der Waals surface area contributed by atoms with Gasteiger partial charge in [-0.15, -0.1) is 0 Å². The minimum absolute atomic E-state index is 0.0735. The quantitative estimate of drug-likeness (QED) is 0.656. The summed E-state index contributed by atoms with van der Waals surface area (Å²) in [6.45, 7) is 5.64. The summed E-state index contributed by atoms with van der Waals surface area (Å²) in [5, 5.41) is 6.37. The molecule has 0 aliphatic heterocycles. The summed E-state index contributed by atoms with van der Waals surface area (Å²) < 4.78 is 0. The topological polar surface area (TPSA) is 71.1 Å². The van der Waals surface area contributed by atoms with Gasteiger partial charge >= 0.3 is 0 Å². The zero-order chi connectivity index (χ0) is 22.4. The zero-order valence-electron chi connectivity index (χ0n) is 18.4. The average molecular weight is 440 g/mol. The van der Waals surface area contributed by atoms with Crippen molar-refractivity contribution in [1.29, 1.82) is 0 Å². The minimum Gasteiger partial charge on any atom is -0.332 e. The molecule has 1 unspecified atom stereocenters. The fourth-order valence-corrected chi connectivity index (χ4v) is 3.93. The number of hydrogen-bond donors (Lipinski definition) is 2. The highest BCUT2D eigenvalue weighted by atomic mass is 35.5. The minimum atomic E-state index is -0.314. The number of halogens is 1. The fraction of sp³-hybridized carbons (Fsp3) is 0.400. The first-order valence-corrected chi connectivity index (χ1v) is 11.1. The van der Waals surface area contributed by atoms with E-state index in [0.717, 1.165) is 48.5 Å². The standard InChI is InChI=1S/C17H20ClNO.C8H10N2O/c1-12-2-3-13(10-12)11-19-16(20)17(8-9-17)14-4-6-15(18)7-5-14;1-6-3-4-8(5-9-6)10-7(2)11/h4-7,11-12H,2-3,8-10H2,1H3,(H,19,20);3-5H,1-2H3,(H,10,11)/b13-11+;. The van der Waals surface area contributed by atoms with E-state index in [1.54, 1.807) is 6.20 Å². The second-order valence-corrected chi connectivity index (χ2v) is 9.02. The van der Waals surface area contributed by atoms with Gasteiger partial charge in [-0.3, -0.25) is 14.6 Å². The molecule has 2 fully saturated rings. The molecule has 2 aliphatic rings. The van der Waals surface area contributed by atoms with Gasteiger partial charge in [0.1, 0.15) is 0 Å². The molecule has 1 atom stereocenters. The van der Waals surface area contributed by atoms with Crippen LogP contribution in [-0.2, 0) is 15.0 Å². The number of aryl methyl sites for hydroxylation is 1. The van der Waals surface area contributed by atoms with E-state index in [-0.39, 0.29) is 17.2 Å². The fourth-order valence-electron chi connectivity index (χ4n) is 3.81. The lowest BCUT2D eigenvalue weighted by Crippen LogP contribution is -2.31. The average Bonchev–Trinajstić information content (AvgIpc) is 3.44. The molecule has 0 spiro atoms. The highest BCUT2D eigenvalue weighted by Gasteiger charge is 2.50. The summed E-state index contributed by atoms with van der Waals surface area (Å²) in [6, 6.07) is 11.3. The maximum Gasteiger partial charge on any atom is 0.234 e. The summed E-state index contributed by atoms with van der Waals surface area (Å²) in [6.07, 6.45) is 8.92. The molecule has 5 nitrogen and oxygen atoms in total. The lowest BCUT2D eigenvalue weighted by molar-refractivity contribution is -0.122. The number of aromatic nitrogens is 1. The van der Waals surface area contributed by atoms with Crippen LogP contribution < -0.4 is 10.6 Å². The van der Waals surface area contributed by atoms with Gasteiger partial charge in [0.25, 0.3) is 0 Å². The van der Waals surface area contributed by atoms with Crippen LogP contribution in [0.25, 0.3) is 0 Å². The molecule has 2 saturated carbocycles. The number of allylic oxidation sites excluding steroid dienone is 1. The predicted molar refractivity (Wildman–Crippen MR) is 125 cm³/mol. The molecule has 2 aromatic rings. The van der Waals surface area contributed by atoms with Crippen molar-refractivity contribution in [3.8, 4) is 0 Å². The number of benzene rings is 1. The number of nitrogens with one attached hydrogen (secondary N) is 2. The Bertz CT molecular complexity index is 948.